The predicted octanol–water partition coefficient (Wildman–Crippen LogP) is 2.87. The van der Waals surface area contributed by atoms with Crippen molar-refractivity contribution in [1.82, 2.24) is 9.78 Å². The highest BCUT2D eigenvalue weighted by Crippen LogP contribution is 2.19. The first-order valence-electron chi connectivity index (χ1n) is 6.63. The van der Waals surface area contributed by atoms with E-state index in [0.717, 1.165) is 18.7 Å². The molecule has 1 aromatic carbocycles. The summed E-state index contributed by atoms with van der Waals surface area (Å²) in [5.41, 5.74) is 8.69. The first kappa shape index (κ1) is 14.2. The molecule has 0 aliphatic rings. The summed E-state index contributed by atoms with van der Waals surface area (Å²) in [6, 6.07) is 8.75. The highest BCUT2D eigenvalue weighted by atomic mass is 32.2. The molecule has 1 heterocycles. The molecular weight excluding hydrogens is 254 g/mol. The molecule has 2 aromatic rings. The van der Waals surface area contributed by atoms with E-state index in [1.54, 1.807) is 0 Å². The van der Waals surface area contributed by atoms with Crippen molar-refractivity contribution in [2.24, 2.45) is 5.73 Å². The van der Waals surface area contributed by atoms with Gasteiger partial charge in [0.25, 0.3) is 0 Å². The van der Waals surface area contributed by atoms with E-state index in [4.69, 9.17) is 5.73 Å². The maximum absolute atomic E-state index is 6.18. The molecule has 0 spiro atoms. The second kappa shape index (κ2) is 6.78. The average Bonchev–Trinajstić information content (AvgIpc) is 2.86. The smallest absolute Gasteiger partial charge is 0.0522 e. The Kier molecular flexibility index (Phi) is 5.05. The van der Waals surface area contributed by atoms with E-state index in [1.165, 1.54) is 16.0 Å². The predicted molar refractivity (Wildman–Crippen MR) is 81.5 cm³/mol. The maximum Gasteiger partial charge on any atom is 0.0522 e. The van der Waals surface area contributed by atoms with Gasteiger partial charge in [-0.2, -0.15) is 5.10 Å². The zero-order chi connectivity index (χ0) is 13.7. The molecule has 0 saturated heterocycles. The Morgan fingerprint density at radius 2 is 2.05 bits per heavy atom. The molecule has 19 heavy (non-hydrogen) atoms. The van der Waals surface area contributed by atoms with Crippen LogP contribution in [0.1, 0.15) is 18.1 Å². The number of thioether (sulfide) groups is 1. The van der Waals surface area contributed by atoms with Crippen LogP contribution in [0.5, 0.6) is 0 Å². The van der Waals surface area contributed by atoms with Crippen molar-refractivity contribution in [3.05, 3.63) is 47.8 Å². The van der Waals surface area contributed by atoms with Crippen molar-refractivity contribution < 1.29 is 0 Å². The van der Waals surface area contributed by atoms with Crippen LogP contribution in [-0.2, 0) is 13.0 Å². The van der Waals surface area contributed by atoms with E-state index < -0.39 is 0 Å². The number of benzene rings is 1. The molecule has 1 unspecified atom stereocenters. The summed E-state index contributed by atoms with van der Waals surface area (Å²) in [4.78, 5) is 1.28. The molecule has 0 amide bonds. The van der Waals surface area contributed by atoms with Crippen LogP contribution in [0.3, 0.4) is 0 Å². The number of aryl methyl sites for hydroxylation is 2. The Morgan fingerprint density at radius 3 is 2.68 bits per heavy atom. The first-order chi connectivity index (χ1) is 9.17. The Balaban J connectivity index is 1.81. The van der Waals surface area contributed by atoms with Crippen molar-refractivity contribution in [2.75, 3.05) is 5.75 Å². The number of hydrogen-bond donors (Lipinski definition) is 1. The van der Waals surface area contributed by atoms with Crippen LogP contribution < -0.4 is 5.73 Å². The monoisotopic (exact) mass is 275 g/mol. The molecular formula is C15H21N3S. The van der Waals surface area contributed by atoms with E-state index in [9.17, 15) is 0 Å². The molecule has 0 radical (unpaired) electrons. The third kappa shape index (κ3) is 4.40. The van der Waals surface area contributed by atoms with Gasteiger partial charge in [0.05, 0.1) is 6.20 Å². The van der Waals surface area contributed by atoms with E-state index in [0.29, 0.717) is 0 Å². The summed E-state index contributed by atoms with van der Waals surface area (Å²) in [7, 11) is 0. The molecule has 4 heteroatoms. The standard InChI is InChI=1S/C15H21N3S/c1-3-18-10-13(9-17-18)8-14(16)11-19-15-6-4-12(2)5-7-15/h4-7,9-10,14H,3,8,11,16H2,1-2H3. The topological polar surface area (TPSA) is 43.8 Å². The summed E-state index contributed by atoms with van der Waals surface area (Å²) in [5.74, 6) is 0.931. The highest BCUT2D eigenvalue weighted by Gasteiger charge is 2.07. The van der Waals surface area contributed by atoms with Crippen molar-refractivity contribution in [3.8, 4) is 0 Å². The van der Waals surface area contributed by atoms with Crippen LogP contribution in [0, 0.1) is 6.92 Å². The van der Waals surface area contributed by atoms with Crippen LogP contribution in [-0.4, -0.2) is 21.6 Å². The number of rotatable bonds is 6. The lowest BCUT2D eigenvalue weighted by atomic mass is 10.1. The summed E-state index contributed by atoms with van der Waals surface area (Å²) >= 11 is 1.82. The van der Waals surface area contributed by atoms with Crippen LogP contribution in [0.25, 0.3) is 0 Å². The fraction of sp³-hybridized carbons (Fsp3) is 0.400. The normalized spacial score (nSPS) is 12.6. The van der Waals surface area contributed by atoms with Gasteiger partial charge < -0.3 is 5.73 Å². The summed E-state index contributed by atoms with van der Waals surface area (Å²) in [5, 5.41) is 4.27. The molecule has 3 nitrogen and oxygen atoms in total. The third-order valence-electron chi connectivity index (χ3n) is 2.99. The lowest BCUT2D eigenvalue weighted by molar-refractivity contribution is 0.658. The van der Waals surface area contributed by atoms with Gasteiger partial charge in [-0.25, -0.2) is 0 Å². The van der Waals surface area contributed by atoms with Gasteiger partial charge in [-0.15, -0.1) is 11.8 Å². The van der Waals surface area contributed by atoms with Crippen LogP contribution in [0.2, 0.25) is 0 Å². The zero-order valence-corrected chi connectivity index (χ0v) is 12.4. The minimum atomic E-state index is 0.167. The van der Waals surface area contributed by atoms with E-state index in [-0.39, 0.29) is 6.04 Å². The van der Waals surface area contributed by atoms with Gasteiger partial charge in [-0.05, 0) is 38.0 Å². The van der Waals surface area contributed by atoms with Gasteiger partial charge in [0.15, 0.2) is 0 Å². The number of hydrogen-bond acceptors (Lipinski definition) is 3. The maximum atomic E-state index is 6.18. The minimum Gasteiger partial charge on any atom is -0.327 e. The second-order valence-corrected chi connectivity index (χ2v) is 5.89. The van der Waals surface area contributed by atoms with Crippen molar-refractivity contribution in [1.29, 1.82) is 0 Å². The van der Waals surface area contributed by atoms with Crippen molar-refractivity contribution in [2.45, 2.75) is 37.8 Å². The lowest BCUT2D eigenvalue weighted by Gasteiger charge is -2.10. The number of aromatic nitrogens is 2. The average molecular weight is 275 g/mol. The summed E-state index contributed by atoms with van der Waals surface area (Å²) in [6.45, 7) is 5.10. The summed E-state index contributed by atoms with van der Waals surface area (Å²) in [6.07, 6.45) is 4.88. The Hall–Kier alpha value is -1.26. The molecule has 2 N–H and O–H groups in total. The molecule has 0 aliphatic heterocycles. The van der Waals surface area contributed by atoms with Gasteiger partial charge in [0.1, 0.15) is 0 Å². The molecule has 2 rings (SSSR count). The zero-order valence-electron chi connectivity index (χ0n) is 11.5. The van der Waals surface area contributed by atoms with Gasteiger partial charge in [0.2, 0.25) is 0 Å². The Bertz CT molecular complexity index is 504. The Morgan fingerprint density at radius 1 is 1.32 bits per heavy atom. The fourth-order valence-electron chi connectivity index (χ4n) is 1.88. The van der Waals surface area contributed by atoms with Crippen molar-refractivity contribution >= 4 is 11.8 Å². The highest BCUT2D eigenvalue weighted by molar-refractivity contribution is 7.99. The molecule has 0 saturated carbocycles. The van der Waals surface area contributed by atoms with Crippen LogP contribution >= 0.6 is 11.8 Å². The lowest BCUT2D eigenvalue weighted by Crippen LogP contribution is -2.25. The molecule has 0 aliphatic carbocycles. The molecule has 0 fully saturated rings. The molecule has 0 bridgehead atoms. The van der Waals surface area contributed by atoms with Gasteiger partial charge in [-0.1, -0.05) is 17.7 Å². The van der Waals surface area contributed by atoms with Gasteiger partial charge in [0, 0.05) is 29.4 Å². The molecule has 1 atom stereocenters. The second-order valence-electron chi connectivity index (χ2n) is 4.79. The molecule has 1 aromatic heterocycles. The van der Waals surface area contributed by atoms with Gasteiger partial charge in [-0.3, -0.25) is 4.68 Å². The van der Waals surface area contributed by atoms with E-state index in [1.807, 2.05) is 22.6 Å². The van der Waals surface area contributed by atoms with Crippen LogP contribution in [0.4, 0.5) is 0 Å². The molecule has 102 valence electrons. The Labute approximate surface area is 119 Å². The SMILES string of the molecule is CCn1cc(CC(N)CSc2ccc(C)cc2)cn1. The van der Waals surface area contributed by atoms with Gasteiger partial charge >= 0.3 is 0 Å². The van der Waals surface area contributed by atoms with Crippen LogP contribution in [0.15, 0.2) is 41.6 Å². The van der Waals surface area contributed by atoms with Crippen molar-refractivity contribution in [3.63, 3.8) is 0 Å². The number of nitrogens with two attached hydrogens (primary N) is 1. The largest absolute Gasteiger partial charge is 0.327 e. The number of nitrogens with zero attached hydrogens (tertiary/aromatic N) is 2. The summed E-state index contributed by atoms with van der Waals surface area (Å²) < 4.78 is 1.94. The fourth-order valence-corrected chi connectivity index (χ4v) is 2.74. The van der Waals surface area contributed by atoms with E-state index >= 15 is 0 Å². The third-order valence-corrected chi connectivity index (χ3v) is 4.19. The quantitative estimate of drug-likeness (QED) is 0.824. The van der Waals surface area contributed by atoms with E-state index in [2.05, 4.69) is 49.4 Å². The first-order valence-corrected chi connectivity index (χ1v) is 7.62. The minimum absolute atomic E-state index is 0.167.